The van der Waals surface area contributed by atoms with Crippen molar-refractivity contribution in [2.45, 2.75) is 12.5 Å². The van der Waals surface area contributed by atoms with Gasteiger partial charge in [-0.2, -0.15) is 0 Å². The average Bonchev–Trinajstić information content (AvgIpc) is 2.60. The van der Waals surface area contributed by atoms with Crippen LogP contribution in [-0.4, -0.2) is 31.6 Å². The monoisotopic (exact) mass is 311 g/mol. The number of para-hydroxylation sites is 2. The molecular weight excluding hydrogens is 294 g/mol. The van der Waals surface area contributed by atoms with Gasteiger partial charge in [0.2, 0.25) is 12.0 Å². The first-order valence-electron chi connectivity index (χ1n) is 7.37. The van der Waals surface area contributed by atoms with Crippen molar-refractivity contribution in [3.63, 3.8) is 0 Å². The number of esters is 1. The summed E-state index contributed by atoms with van der Waals surface area (Å²) in [7, 11) is 1.31. The number of hydrogen-bond donors (Lipinski definition) is 0. The Morgan fingerprint density at radius 2 is 1.83 bits per heavy atom. The molecule has 0 aromatic heterocycles. The SMILES string of the molecule is COC(=O)[C@@H]1CN(C(=O)Cc2ccccc2)c2ccccc2O1. The topological polar surface area (TPSA) is 55.8 Å². The molecule has 1 atom stereocenters. The Bertz CT molecular complexity index is 714. The van der Waals surface area contributed by atoms with Gasteiger partial charge in [0.25, 0.3) is 0 Å². The van der Waals surface area contributed by atoms with E-state index in [9.17, 15) is 9.59 Å². The predicted octanol–water partition coefficient (Wildman–Crippen LogP) is 2.20. The zero-order valence-corrected chi connectivity index (χ0v) is 12.8. The van der Waals surface area contributed by atoms with E-state index in [1.165, 1.54) is 7.11 Å². The van der Waals surface area contributed by atoms with Crippen molar-refractivity contribution in [1.82, 2.24) is 0 Å². The summed E-state index contributed by atoms with van der Waals surface area (Å²) in [4.78, 5) is 26.1. The standard InChI is InChI=1S/C18H17NO4/c1-22-18(21)16-12-19(14-9-5-6-10-15(14)23-16)17(20)11-13-7-3-2-4-8-13/h2-10,16H,11-12H2,1H3/t16-/m0/s1. The van der Waals surface area contributed by atoms with Crippen molar-refractivity contribution in [3.05, 3.63) is 60.2 Å². The summed E-state index contributed by atoms with van der Waals surface area (Å²) in [6, 6.07) is 16.7. The summed E-state index contributed by atoms with van der Waals surface area (Å²) in [5, 5.41) is 0. The van der Waals surface area contributed by atoms with Crippen LogP contribution in [0.25, 0.3) is 0 Å². The van der Waals surface area contributed by atoms with E-state index in [0.717, 1.165) is 5.56 Å². The van der Waals surface area contributed by atoms with E-state index in [1.807, 2.05) is 42.5 Å². The number of fused-ring (bicyclic) bond motifs is 1. The molecule has 1 aliphatic heterocycles. The van der Waals surface area contributed by atoms with Crippen molar-refractivity contribution in [1.29, 1.82) is 0 Å². The maximum atomic E-state index is 12.7. The molecule has 1 amide bonds. The third-order valence-corrected chi connectivity index (χ3v) is 3.74. The highest BCUT2D eigenvalue weighted by Gasteiger charge is 2.34. The summed E-state index contributed by atoms with van der Waals surface area (Å²) < 4.78 is 10.4. The lowest BCUT2D eigenvalue weighted by Gasteiger charge is -2.33. The van der Waals surface area contributed by atoms with Crippen LogP contribution in [0.5, 0.6) is 5.75 Å². The predicted molar refractivity (Wildman–Crippen MR) is 85.4 cm³/mol. The molecule has 118 valence electrons. The summed E-state index contributed by atoms with van der Waals surface area (Å²) in [5.74, 6) is -0.0616. The van der Waals surface area contributed by atoms with Gasteiger partial charge in [0.15, 0.2) is 0 Å². The summed E-state index contributed by atoms with van der Waals surface area (Å²) >= 11 is 0. The lowest BCUT2D eigenvalue weighted by molar-refractivity contribution is -0.148. The molecule has 0 radical (unpaired) electrons. The number of benzene rings is 2. The number of anilines is 1. The second-order valence-corrected chi connectivity index (χ2v) is 5.26. The third-order valence-electron chi connectivity index (χ3n) is 3.74. The van der Waals surface area contributed by atoms with Gasteiger partial charge in [0, 0.05) is 0 Å². The molecule has 0 aliphatic carbocycles. The Kier molecular flexibility index (Phi) is 4.28. The third kappa shape index (κ3) is 3.18. The molecular formula is C18H17NO4. The quantitative estimate of drug-likeness (QED) is 0.816. The molecule has 0 fully saturated rings. The number of carbonyl (C=O) groups excluding carboxylic acids is 2. The Labute approximate surface area is 134 Å². The zero-order valence-electron chi connectivity index (χ0n) is 12.8. The van der Waals surface area contributed by atoms with Crippen LogP contribution in [0.4, 0.5) is 5.69 Å². The van der Waals surface area contributed by atoms with Crippen LogP contribution >= 0.6 is 0 Å². The molecule has 23 heavy (non-hydrogen) atoms. The molecule has 5 nitrogen and oxygen atoms in total. The first kappa shape index (κ1) is 15.1. The van der Waals surface area contributed by atoms with Gasteiger partial charge in [0.05, 0.1) is 25.8 Å². The lowest BCUT2D eigenvalue weighted by atomic mass is 10.1. The highest BCUT2D eigenvalue weighted by atomic mass is 16.6. The number of rotatable bonds is 3. The van der Waals surface area contributed by atoms with Gasteiger partial charge >= 0.3 is 5.97 Å². The van der Waals surface area contributed by atoms with Crippen LogP contribution in [0.15, 0.2) is 54.6 Å². The van der Waals surface area contributed by atoms with Crippen LogP contribution in [-0.2, 0) is 20.7 Å². The second kappa shape index (κ2) is 6.52. The fraction of sp³-hybridized carbons (Fsp3) is 0.222. The summed E-state index contributed by atoms with van der Waals surface area (Å²) in [6.07, 6.45) is -0.544. The van der Waals surface area contributed by atoms with Crippen LogP contribution in [0, 0.1) is 0 Å². The van der Waals surface area contributed by atoms with Crippen molar-refractivity contribution < 1.29 is 19.1 Å². The van der Waals surface area contributed by atoms with Gasteiger partial charge in [-0.25, -0.2) is 4.79 Å². The zero-order chi connectivity index (χ0) is 16.2. The number of methoxy groups -OCH3 is 1. The molecule has 1 aliphatic rings. The second-order valence-electron chi connectivity index (χ2n) is 5.26. The summed E-state index contributed by atoms with van der Waals surface area (Å²) in [5.41, 5.74) is 1.60. The van der Waals surface area contributed by atoms with Crippen LogP contribution < -0.4 is 9.64 Å². The van der Waals surface area contributed by atoms with Crippen LogP contribution in [0.1, 0.15) is 5.56 Å². The molecule has 5 heteroatoms. The van der Waals surface area contributed by atoms with Gasteiger partial charge in [-0.05, 0) is 17.7 Å². The average molecular weight is 311 g/mol. The largest absolute Gasteiger partial charge is 0.475 e. The van der Waals surface area contributed by atoms with Crippen LogP contribution in [0.2, 0.25) is 0 Å². The molecule has 1 heterocycles. The van der Waals surface area contributed by atoms with E-state index in [4.69, 9.17) is 9.47 Å². The van der Waals surface area contributed by atoms with Crippen molar-refractivity contribution in [2.24, 2.45) is 0 Å². The van der Waals surface area contributed by atoms with E-state index in [1.54, 1.807) is 17.0 Å². The molecule has 3 rings (SSSR count). The molecule has 2 aromatic rings. The van der Waals surface area contributed by atoms with Crippen molar-refractivity contribution in [3.8, 4) is 5.75 Å². The lowest BCUT2D eigenvalue weighted by Crippen LogP contribution is -2.48. The number of hydrogen-bond acceptors (Lipinski definition) is 4. The van der Waals surface area contributed by atoms with Crippen LogP contribution in [0.3, 0.4) is 0 Å². The molecule has 0 saturated heterocycles. The van der Waals surface area contributed by atoms with E-state index in [-0.39, 0.29) is 18.9 Å². The normalized spacial score (nSPS) is 16.2. The van der Waals surface area contributed by atoms with Gasteiger partial charge in [-0.3, -0.25) is 4.79 Å². The van der Waals surface area contributed by atoms with E-state index in [2.05, 4.69) is 0 Å². The first-order chi connectivity index (χ1) is 11.2. The fourth-order valence-corrected chi connectivity index (χ4v) is 2.59. The smallest absolute Gasteiger partial charge is 0.348 e. The fourth-order valence-electron chi connectivity index (χ4n) is 2.59. The number of carbonyl (C=O) groups is 2. The highest BCUT2D eigenvalue weighted by molar-refractivity contribution is 5.97. The minimum absolute atomic E-state index is 0.0825. The maximum absolute atomic E-state index is 12.7. The molecule has 0 spiro atoms. The molecule has 2 aromatic carbocycles. The Morgan fingerprint density at radius 1 is 1.13 bits per heavy atom. The Hall–Kier alpha value is -2.82. The van der Waals surface area contributed by atoms with Gasteiger partial charge in [-0.1, -0.05) is 42.5 Å². The van der Waals surface area contributed by atoms with Crippen molar-refractivity contribution >= 4 is 17.6 Å². The van der Waals surface area contributed by atoms with E-state index in [0.29, 0.717) is 11.4 Å². The Morgan fingerprint density at radius 3 is 2.57 bits per heavy atom. The summed E-state index contributed by atoms with van der Waals surface area (Å²) in [6.45, 7) is 0.148. The van der Waals surface area contributed by atoms with E-state index >= 15 is 0 Å². The van der Waals surface area contributed by atoms with Gasteiger partial charge in [-0.15, -0.1) is 0 Å². The molecule has 0 unspecified atom stereocenters. The van der Waals surface area contributed by atoms with Gasteiger partial charge < -0.3 is 14.4 Å². The number of amides is 1. The minimum Gasteiger partial charge on any atom is -0.475 e. The molecule has 0 bridgehead atoms. The minimum atomic E-state index is -0.811. The Balaban J connectivity index is 1.87. The highest BCUT2D eigenvalue weighted by Crippen LogP contribution is 2.33. The van der Waals surface area contributed by atoms with E-state index < -0.39 is 12.1 Å². The maximum Gasteiger partial charge on any atom is 0.348 e. The molecule has 0 saturated carbocycles. The number of nitrogens with zero attached hydrogens (tertiary/aromatic N) is 1. The number of ether oxygens (including phenoxy) is 2. The van der Waals surface area contributed by atoms with Crippen molar-refractivity contribution in [2.75, 3.05) is 18.6 Å². The first-order valence-corrected chi connectivity index (χ1v) is 7.37. The molecule has 0 N–H and O–H groups in total. The van der Waals surface area contributed by atoms with Gasteiger partial charge in [0.1, 0.15) is 5.75 Å².